The van der Waals surface area contributed by atoms with Gasteiger partial charge >= 0.3 is 0 Å². The summed E-state index contributed by atoms with van der Waals surface area (Å²) in [6.45, 7) is 1.87. The first-order valence-corrected chi connectivity index (χ1v) is 7.88. The lowest BCUT2D eigenvalue weighted by atomic mass is 10.1. The average molecular weight is 333 g/mol. The van der Waals surface area contributed by atoms with Crippen LogP contribution in [0.1, 0.15) is 6.04 Å². The third-order valence-electron chi connectivity index (χ3n) is 3.92. The number of imidazole rings is 1. The van der Waals surface area contributed by atoms with Crippen LogP contribution in [0.4, 0.5) is 11.6 Å². The van der Waals surface area contributed by atoms with E-state index in [4.69, 9.17) is 28.2 Å². The van der Waals surface area contributed by atoms with Gasteiger partial charge in [-0.25, -0.2) is 4.98 Å². The van der Waals surface area contributed by atoms with Crippen molar-refractivity contribution in [3.63, 3.8) is 0 Å². The number of anilines is 2. The topological polar surface area (TPSA) is 41.9 Å². The van der Waals surface area contributed by atoms with E-state index >= 15 is 0 Å². The lowest BCUT2D eigenvalue weighted by Crippen LogP contribution is -2.43. The number of fused-ring (bicyclic) bond motifs is 1. The summed E-state index contributed by atoms with van der Waals surface area (Å²) in [5, 5.41) is 7.77. The number of aromatic nitrogens is 2. The van der Waals surface area contributed by atoms with E-state index in [-0.39, 0.29) is 0 Å². The number of nitrogens with one attached hydrogen (secondary N) is 2. The maximum absolute atomic E-state index is 6.26. The predicted octanol–water partition coefficient (Wildman–Crippen LogP) is 4.23. The summed E-state index contributed by atoms with van der Waals surface area (Å²) in [4.78, 5) is 4.70. The van der Waals surface area contributed by atoms with Gasteiger partial charge in [0, 0.05) is 13.1 Å². The average Bonchev–Trinajstić information content (AvgIpc) is 2.80. The summed E-state index contributed by atoms with van der Waals surface area (Å²) >= 11 is 12.5. The zero-order valence-electron chi connectivity index (χ0n) is 11.7. The maximum Gasteiger partial charge on any atom is 0.208 e. The molecule has 0 bridgehead atoms. The van der Waals surface area contributed by atoms with Gasteiger partial charge in [-0.1, -0.05) is 41.4 Å². The molecule has 0 aliphatic carbocycles. The molecule has 2 aromatic carbocycles. The Hall–Kier alpha value is -1.75. The molecule has 112 valence electrons. The summed E-state index contributed by atoms with van der Waals surface area (Å²) in [5.74, 6) is 0.766. The molecular formula is C16H14Cl2N4. The molecule has 1 saturated heterocycles. The van der Waals surface area contributed by atoms with Crippen LogP contribution in [0.25, 0.3) is 11.0 Å². The Labute approximate surface area is 138 Å². The van der Waals surface area contributed by atoms with E-state index in [1.807, 2.05) is 36.4 Å². The highest BCUT2D eigenvalue weighted by atomic mass is 35.5. The molecule has 1 aliphatic rings. The van der Waals surface area contributed by atoms with E-state index in [2.05, 4.69) is 21.3 Å². The summed E-state index contributed by atoms with van der Waals surface area (Å²) in [6.07, 6.45) is 0. The van der Waals surface area contributed by atoms with Crippen molar-refractivity contribution in [3.05, 3.63) is 52.5 Å². The van der Waals surface area contributed by atoms with Gasteiger partial charge in [0.25, 0.3) is 0 Å². The highest BCUT2D eigenvalue weighted by Gasteiger charge is 2.24. The highest BCUT2D eigenvalue weighted by molar-refractivity contribution is 6.39. The highest BCUT2D eigenvalue weighted by Crippen LogP contribution is 2.34. The van der Waals surface area contributed by atoms with Crippen LogP contribution in [0.5, 0.6) is 0 Å². The van der Waals surface area contributed by atoms with Crippen molar-refractivity contribution >= 4 is 45.9 Å². The van der Waals surface area contributed by atoms with Crippen LogP contribution in [0.2, 0.25) is 10.0 Å². The van der Waals surface area contributed by atoms with Gasteiger partial charge in [0.05, 0.1) is 32.8 Å². The predicted molar refractivity (Wildman–Crippen MR) is 91.4 cm³/mol. The van der Waals surface area contributed by atoms with Crippen molar-refractivity contribution in [2.75, 3.05) is 18.4 Å². The Bertz CT molecular complexity index is 819. The zero-order chi connectivity index (χ0) is 15.1. The van der Waals surface area contributed by atoms with Crippen LogP contribution in [0.15, 0.2) is 42.5 Å². The van der Waals surface area contributed by atoms with E-state index in [1.54, 1.807) is 0 Å². The first kappa shape index (κ1) is 13.9. The third kappa shape index (κ3) is 2.24. The molecule has 3 aromatic rings. The minimum Gasteiger partial charge on any atom is -0.323 e. The largest absolute Gasteiger partial charge is 0.323 e. The normalized spacial score (nSPS) is 15.0. The van der Waals surface area contributed by atoms with E-state index in [1.165, 1.54) is 0 Å². The van der Waals surface area contributed by atoms with Crippen LogP contribution in [-0.2, 0) is 0 Å². The number of nitrogens with zero attached hydrogens (tertiary/aromatic N) is 2. The molecule has 0 amide bonds. The second-order valence-corrected chi connectivity index (χ2v) is 6.14. The molecule has 6 heteroatoms. The smallest absolute Gasteiger partial charge is 0.208 e. The van der Waals surface area contributed by atoms with Crippen LogP contribution >= 0.6 is 23.2 Å². The number of para-hydroxylation sites is 3. The van der Waals surface area contributed by atoms with E-state index in [0.29, 0.717) is 21.8 Å². The van der Waals surface area contributed by atoms with Crippen LogP contribution < -0.4 is 10.6 Å². The van der Waals surface area contributed by atoms with Gasteiger partial charge in [0.2, 0.25) is 5.95 Å². The molecule has 4 nitrogen and oxygen atoms in total. The second kappa shape index (κ2) is 5.47. The minimum atomic E-state index is 0.385. The Balaban J connectivity index is 1.84. The summed E-state index contributed by atoms with van der Waals surface area (Å²) in [7, 11) is 0. The fourth-order valence-corrected chi connectivity index (χ4v) is 3.18. The maximum atomic E-state index is 6.26. The van der Waals surface area contributed by atoms with Gasteiger partial charge < -0.3 is 15.2 Å². The molecule has 2 N–H and O–H groups in total. The number of hydrogen-bond donors (Lipinski definition) is 2. The van der Waals surface area contributed by atoms with Crippen molar-refractivity contribution in [2.45, 2.75) is 6.04 Å². The number of hydrogen-bond acceptors (Lipinski definition) is 3. The number of benzene rings is 2. The molecule has 2 heterocycles. The van der Waals surface area contributed by atoms with Crippen LogP contribution in [-0.4, -0.2) is 22.6 Å². The molecule has 4 rings (SSSR count). The van der Waals surface area contributed by atoms with E-state index < -0.39 is 0 Å². The van der Waals surface area contributed by atoms with Gasteiger partial charge in [-0.15, -0.1) is 0 Å². The molecule has 0 saturated carbocycles. The van der Waals surface area contributed by atoms with Crippen molar-refractivity contribution in [1.82, 2.24) is 14.9 Å². The first-order valence-electron chi connectivity index (χ1n) is 7.13. The first-order chi connectivity index (χ1) is 10.7. The van der Waals surface area contributed by atoms with Gasteiger partial charge in [-0.05, 0) is 24.3 Å². The number of halogens is 2. The summed E-state index contributed by atoms with van der Waals surface area (Å²) in [5.41, 5.74) is 2.76. The second-order valence-electron chi connectivity index (χ2n) is 5.33. The van der Waals surface area contributed by atoms with Crippen LogP contribution in [0, 0.1) is 0 Å². The quantitative estimate of drug-likeness (QED) is 0.754. The molecule has 1 fully saturated rings. The molecule has 0 radical (unpaired) electrons. The monoisotopic (exact) mass is 332 g/mol. The fraction of sp³-hybridized carbons (Fsp3) is 0.188. The Morgan fingerprint density at radius 1 is 1.05 bits per heavy atom. The van der Waals surface area contributed by atoms with Crippen molar-refractivity contribution < 1.29 is 0 Å². The molecule has 22 heavy (non-hydrogen) atoms. The Morgan fingerprint density at radius 3 is 2.45 bits per heavy atom. The van der Waals surface area contributed by atoms with Crippen molar-refractivity contribution in [2.24, 2.45) is 0 Å². The Kier molecular flexibility index (Phi) is 3.45. The van der Waals surface area contributed by atoms with E-state index in [9.17, 15) is 0 Å². The molecule has 1 aromatic heterocycles. The minimum absolute atomic E-state index is 0.385. The molecule has 0 atom stereocenters. The Morgan fingerprint density at radius 2 is 1.77 bits per heavy atom. The molecule has 0 unspecified atom stereocenters. The van der Waals surface area contributed by atoms with Gasteiger partial charge in [0.15, 0.2) is 0 Å². The lowest BCUT2D eigenvalue weighted by molar-refractivity contribution is 0.354. The third-order valence-corrected chi connectivity index (χ3v) is 4.55. The van der Waals surface area contributed by atoms with Gasteiger partial charge in [0.1, 0.15) is 0 Å². The van der Waals surface area contributed by atoms with Gasteiger partial charge in [-0.2, -0.15) is 0 Å². The fourth-order valence-electron chi connectivity index (χ4n) is 2.69. The molecular weight excluding hydrogens is 319 g/mol. The molecule has 1 aliphatic heterocycles. The van der Waals surface area contributed by atoms with Gasteiger partial charge in [-0.3, -0.25) is 0 Å². The van der Waals surface area contributed by atoms with Crippen molar-refractivity contribution in [3.8, 4) is 0 Å². The molecule has 0 spiro atoms. The number of rotatable bonds is 3. The summed E-state index contributed by atoms with van der Waals surface area (Å²) in [6, 6.07) is 14.0. The van der Waals surface area contributed by atoms with E-state index in [0.717, 1.165) is 30.1 Å². The zero-order valence-corrected chi connectivity index (χ0v) is 13.2. The summed E-state index contributed by atoms with van der Waals surface area (Å²) < 4.78 is 2.21. The van der Waals surface area contributed by atoms with Crippen molar-refractivity contribution in [1.29, 1.82) is 0 Å². The van der Waals surface area contributed by atoms with Crippen LogP contribution in [0.3, 0.4) is 0 Å². The standard InChI is InChI=1S/C16H14Cl2N4/c17-11-4-3-5-12(18)15(11)21-16-20-13-6-1-2-7-14(13)22(16)10-8-19-9-10/h1-7,10,19H,8-9H2,(H,20,21). The lowest BCUT2D eigenvalue weighted by Gasteiger charge is -2.30. The SMILES string of the molecule is Clc1cccc(Cl)c1Nc1nc2ccccc2n1C1CNC1.